The van der Waals surface area contributed by atoms with Gasteiger partial charge in [-0.3, -0.25) is 0 Å². The number of rotatable bonds is 5. The summed E-state index contributed by atoms with van der Waals surface area (Å²) in [4.78, 5) is 0. The van der Waals surface area contributed by atoms with Crippen molar-refractivity contribution in [1.82, 2.24) is 0 Å². The molecule has 5 heteroatoms. The Hall–Kier alpha value is 0.740. The molecular formula is C40H64O3P2. The largest absolute Gasteiger partial charge is 0.343 e. The van der Waals surface area contributed by atoms with Crippen molar-refractivity contribution in [3.05, 3.63) is 0 Å². The van der Waals surface area contributed by atoms with Crippen molar-refractivity contribution in [2.75, 3.05) is 6.16 Å². The molecule has 7 unspecified atom stereocenters. The smallest absolute Gasteiger partial charge is 0.172 e. The summed E-state index contributed by atoms with van der Waals surface area (Å²) in [7, 11) is 3.56. The average molecular weight is 655 g/mol. The maximum atomic E-state index is 7.20. The highest BCUT2D eigenvalue weighted by atomic mass is 31.1. The predicted molar refractivity (Wildman–Crippen MR) is 187 cm³/mol. The molecule has 0 N–H and O–H groups in total. The van der Waals surface area contributed by atoms with Crippen molar-refractivity contribution >= 4 is 17.2 Å². The highest BCUT2D eigenvalue weighted by Crippen LogP contribution is 2.80. The van der Waals surface area contributed by atoms with E-state index < -0.39 is 11.6 Å². The first kappa shape index (κ1) is 30.6. The van der Waals surface area contributed by atoms with Gasteiger partial charge in [0.25, 0.3) is 0 Å². The minimum absolute atomic E-state index is 0.0189. The van der Waals surface area contributed by atoms with E-state index in [1.807, 2.05) is 0 Å². The van der Waals surface area contributed by atoms with E-state index in [-0.39, 0.29) is 24.3 Å². The van der Waals surface area contributed by atoms with Gasteiger partial charge in [-0.15, -0.1) is 9.24 Å². The fourth-order valence-electron chi connectivity index (χ4n) is 17.1. The van der Waals surface area contributed by atoms with Crippen LogP contribution < -0.4 is 0 Å². The monoisotopic (exact) mass is 654 g/mol. The Morgan fingerprint density at radius 3 is 1.33 bits per heavy atom. The number of ether oxygens (including phenoxy) is 3. The summed E-state index contributed by atoms with van der Waals surface area (Å²) in [5.41, 5.74) is -0.504. The molecule has 252 valence electrons. The fraction of sp³-hybridized carbons (Fsp3) is 1.00. The van der Waals surface area contributed by atoms with Gasteiger partial charge < -0.3 is 14.2 Å². The SMILES string of the molecule is CC1C[C@H](CP(C23CC4CC(CC(C4)C2)C3)C23CC4CC(CC(C4)C2)C3)[C@H](C2(P)C3(C)CC4(C)OC(C)(CC2(C)O4)O3)CC1C. The van der Waals surface area contributed by atoms with Gasteiger partial charge in [0.2, 0.25) is 0 Å². The zero-order valence-corrected chi connectivity index (χ0v) is 31.6. The van der Waals surface area contributed by atoms with E-state index in [9.17, 15) is 0 Å². The first-order valence-electron chi connectivity index (χ1n) is 19.8. The first-order chi connectivity index (χ1) is 21.1. The summed E-state index contributed by atoms with van der Waals surface area (Å²) in [5, 5.41) is 1.33. The third-order valence-electron chi connectivity index (χ3n) is 17.4. The van der Waals surface area contributed by atoms with E-state index in [2.05, 4.69) is 50.8 Å². The molecule has 9 saturated carbocycles. The van der Waals surface area contributed by atoms with Gasteiger partial charge in [0.15, 0.2) is 11.6 Å². The number of hydrogen-bond acceptors (Lipinski definition) is 3. The van der Waals surface area contributed by atoms with Crippen LogP contribution in [0.5, 0.6) is 0 Å². The Labute approximate surface area is 278 Å². The molecule has 3 nitrogen and oxygen atoms in total. The maximum absolute atomic E-state index is 7.20. The molecule has 13 fully saturated rings. The van der Waals surface area contributed by atoms with Gasteiger partial charge in [-0.05, 0) is 193 Å². The molecule has 9 atom stereocenters. The van der Waals surface area contributed by atoms with Crippen molar-refractivity contribution in [2.45, 2.75) is 183 Å². The Bertz CT molecular complexity index is 1100. The molecule has 4 aliphatic heterocycles. The molecule has 0 spiro atoms. The van der Waals surface area contributed by atoms with Crippen molar-refractivity contribution in [2.24, 2.45) is 59.2 Å². The molecule has 12 bridgehead atoms. The van der Waals surface area contributed by atoms with E-state index in [1.165, 1.54) is 12.8 Å². The molecule has 0 aromatic heterocycles. The minimum Gasteiger partial charge on any atom is -0.343 e. The molecule has 4 heterocycles. The summed E-state index contributed by atoms with van der Waals surface area (Å²) in [6, 6.07) is 0. The van der Waals surface area contributed by atoms with Crippen molar-refractivity contribution < 1.29 is 14.2 Å². The van der Waals surface area contributed by atoms with Gasteiger partial charge in [0.05, 0.1) is 11.2 Å². The molecule has 4 saturated heterocycles. The lowest BCUT2D eigenvalue weighted by Gasteiger charge is -2.76. The van der Waals surface area contributed by atoms with Crippen molar-refractivity contribution in [1.29, 1.82) is 0 Å². The van der Waals surface area contributed by atoms with E-state index in [0.29, 0.717) is 16.2 Å². The fourth-order valence-corrected chi connectivity index (χ4v) is 23.3. The van der Waals surface area contributed by atoms with Crippen LogP contribution in [0.15, 0.2) is 0 Å². The van der Waals surface area contributed by atoms with E-state index in [1.54, 1.807) is 83.2 Å². The van der Waals surface area contributed by atoms with Crippen LogP contribution in [0.2, 0.25) is 0 Å². The minimum atomic E-state index is -0.539. The van der Waals surface area contributed by atoms with Gasteiger partial charge in [0, 0.05) is 18.0 Å². The lowest BCUT2D eigenvalue weighted by Crippen LogP contribution is -2.85. The third-order valence-corrected chi connectivity index (χ3v) is 23.3. The molecule has 13 rings (SSSR count). The van der Waals surface area contributed by atoms with Crippen LogP contribution in [0, 0.1) is 59.2 Å². The molecule has 0 radical (unpaired) electrons. The van der Waals surface area contributed by atoms with Gasteiger partial charge in [0.1, 0.15) is 0 Å². The first-order valence-corrected chi connectivity index (χ1v) is 21.9. The highest BCUT2D eigenvalue weighted by Gasteiger charge is 2.78. The Balaban J connectivity index is 1.07. The van der Waals surface area contributed by atoms with Crippen LogP contribution in [0.1, 0.15) is 144 Å². The van der Waals surface area contributed by atoms with Gasteiger partial charge in [-0.25, -0.2) is 0 Å². The van der Waals surface area contributed by atoms with Crippen LogP contribution in [0.25, 0.3) is 0 Å². The molecule has 13 aliphatic rings. The van der Waals surface area contributed by atoms with Gasteiger partial charge in [-0.1, -0.05) is 21.8 Å². The highest BCUT2D eigenvalue weighted by molar-refractivity contribution is 7.61. The lowest BCUT2D eigenvalue weighted by atomic mass is 9.53. The third kappa shape index (κ3) is 4.13. The van der Waals surface area contributed by atoms with Crippen LogP contribution in [0.3, 0.4) is 0 Å². The second-order valence-corrected chi connectivity index (χ2v) is 25.0. The summed E-state index contributed by atoms with van der Waals surface area (Å²) in [5.74, 6) is 8.32. The van der Waals surface area contributed by atoms with Crippen LogP contribution >= 0.6 is 17.2 Å². The quantitative estimate of drug-likeness (QED) is 0.276. The van der Waals surface area contributed by atoms with Crippen LogP contribution in [0.4, 0.5) is 0 Å². The van der Waals surface area contributed by atoms with Gasteiger partial charge >= 0.3 is 0 Å². The second kappa shape index (κ2) is 9.34. The van der Waals surface area contributed by atoms with Crippen molar-refractivity contribution in [3.63, 3.8) is 0 Å². The molecule has 9 aliphatic carbocycles. The summed E-state index contributed by atoms with van der Waals surface area (Å²) in [6.07, 6.45) is 25.3. The topological polar surface area (TPSA) is 27.7 Å². The maximum Gasteiger partial charge on any atom is 0.172 e. The molecule has 45 heavy (non-hydrogen) atoms. The van der Waals surface area contributed by atoms with Crippen LogP contribution in [-0.4, -0.2) is 44.4 Å². The lowest BCUT2D eigenvalue weighted by molar-refractivity contribution is -0.525. The van der Waals surface area contributed by atoms with Crippen molar-refractivity contribution in [3.8, 4) is 0 Å². The standard InChI is InChI=1S/C40H64O3P2/c1-24-7-32(33(8-25(24)2)40(44)34(3)22-36(5)42-35(40,4)23-37(6,41-34)43-36)21-45(38-15-26-9-27(16-38)11-28(10-26)17-38)39-18-29-12-30(19-39)14-31(13-29)20-39/h24-33H,7-23,44H2,1-6H3/t24?,25?,26?,27?,28?,29?,30?,31?,32-,33-,34?,35?,36?,37?,38?,39?,40?,45?/m1/s1. The van der Waals surface area contributed by atoms with E-state index in [4.69, 9.17) is 14.2 Å². The summed E-state index contributed by atoms with van der Waals surface area (Å²) < 4.78 is 21.0. The van der Waals surface area contributed by atoms with Crippen LogP contribution in [-0.2, 0) is 14.2 Å². The Morgan fingerprint density at radius 1 is 0.556 bits per heavy atom. The molecule has 0 aromatic rings. The van der Waals surface area contributed by atoms with E-state index in [0.717, 1.165) is 66.1 Å². The van der Waals surface area contributed by atoms with E-state index >= 15 is 0 Å². The summed E-state index contributed by atoms with van der Waals surface area (Å²) in [6.45, 7) is 14.5. The number of hydrogen-bond donors (Lipinski definition) is 0. The normalized spacial score (nSPS) is 65.9. The van der Waals surface area contributed by atoms with Gasteiger partial charge in [-0.2, -0.15) is 0 Å². The molecule has 0 aromatic carbocycles. The summed E-state index contributed by atoms with van der Waals surface area (Å²) >= 11 is 0. The average Bonchev–Trinajstić information content (AvgIpc) is 2.88. The molecular weight excluding hydrogens is 590 g/mol. The Kier molecular flexibility index (Phi) is 6.34. The second-order valence-electron chi connectivity index (χ2n) is 20.9. The predicted octanol–water partition coefficient (Wildman–Crippen LogP) is 10.1. The Morgan fingerprint density at radius 2 is 0.933 bits per heavy atom. The zero-order valence-electron chi connectivity index (χ0n) is 29.5. The zero-order chi connectivity index (χ0) is 31.0. The molecule has 0 amide bonds.